The summed E-state index contributed by atoms with van der Waals surface area (Å²) in [7, 11) is 0. The van der Waals surface area contributed by atoms with Crippen LogP contribution in [-0.2, 0) is 13.1 Å². The third kappa shape index (κ3) is 3.46. The number of fused-ring (bicyclic) bond motifs is 2. The molecule has 4 aromatic heterocycles. The predicted octanol–water partition coefficient (Wildman–Crippen LogP) is 2.65. The molecule has 2 unspecified atom stereocenters. The molecule has 1 aliphatic rings. The van der Waals surface area contributed by atoms with Crippen molar-refractivity contribution in [2.24, 2.45) is 0 Å². The molecular formula is C22H28N8. The van der Waals surface area contributed by atoms with E-state index in [2.05, 4.69) is 52.4 Å². The van der Waals surface area contributed by atoms with Gasteiger partial charge in [0.05, 0.1) is 36.2 Å². The molecule has 0 aliphatic carbocycles. The van der Waals surface area contributed by atoms with Crippen LogP contribution >= 0.6 is 0 Å². The Bertz CT molecular complexity index is 1040. The molecule has 0 saturated carbocycles. The first-order chi connectivity index (χ1) is 14.8. The second-order valence-corrected chi connectivity index (χ2v) is 8.09. The van der Waals surface area contributed by atoms with Gasteiger partial charge >= 0.3 is 0 Å². The van der Waals surface area contributed by atoms with E-state index in [1.54, 1.807) is 0 Å². The second kappa shape index (κ2) is 8.12. The van der Waals surface area contributed by atoms with E-state index in [-0.39, 0.29) is 0 Å². The van der Waals surface area contributed by atoms with E-state index in [9.17, 15) is 0 Å². The first kappa shape index (κ1) is 19.1. The first-order valence-electron chi connectivity index (χ1n) is 10.8. The summed E-state index contributed by atoms with van der Waals surface area (Å²) in [5.74, 6) is 0. The fourth-order valence-corrected chi connectivity index (χ4v) is 4.67. The zero-order valence-corrected chi connectivity index (χ0v) is 17.6. The molecule has 5 rings (SSSR count). The Hall–Kier alpha value is -2.84. The molecule has 0 radical (unpaired) electrons. The predicted molar refractivity (Wildman–Crippen MR) is 115 cm³/mol. The van der Waals surface area contributed by atoms with Crippen molar-refractivity contribution in [1.29, 1.82) is 0 Å². The van der Waals surface area contributed by atoms with Gasteiger partial charge in [-0.2, -0.15) is 0 Å². The SMILES string of the molecule is CCC1CN(Cc2cnc3cnccn23)C(CC)CN1Cc1cnc2cnccn12. The Labute approximate surface area is 176 Å². The summed E-state index contributed by atoms with van der Waals surface area (Å²) in [6.45, 7) is 8.53. The maximum Gasteiger partial charge on any atom is 0.155 e. The molecule has 2 atom stereocenters. The minimum atomic E-state index is 0.515. The minimum Gasteiger partial charge on any atom is -0.300 e. The molecule has 0 amide bonds. The molecular weight excluding hydrogens is 376 g/mol. The molecule has 1 aliphatic heterocycles. The van der Waals surface area contributed by atoms with E-state index in [0.29, 0.717) is 12.1 Å². The third-order valence-electron chi connectivity index (χ3n) is 6.38. The quantitative estimate of drug-likeness (QED) is 0.492. The molecule has 156 valence electrons. The zero-order chi connectivity index (χ0) is 20.5. The summed E-state index contributed by atoms with van der Waals surface area (Å²) in [5, 5.41) is 0. The highest BCUT2D eigenvalue weighted by Gasteiger charge is 2.32. The Morgan fingerprint density at radius 2 is 1.20 bits per heavy atom. The smallest absolute Gasteiger partial charge is 0.155 e. The largest absolute Gasteiger partial charge is 0.300 e. The number of aromatic nitrogens is 6. The number of imidazole rings is 2. The van der Waals surface area contributed by atoms with Crippen molar-refractivity contribution >= 4 is 11.3 Å². The minimum absolute atomic E-state index is 0.515. The molecule has 0 spiro atoms. The van der Waals surface area contributed by atoms with Crippen molar-refractivity contribution in [3.05, 3.63) is 61.0 Å². The summed E-state index contributed by atoms with van der Waals surface area (Å²) in [6, 6.07) is 1.03. The summed E-state index contributed by atoms with van der Waals surface area (Å²) in [5.41, 5.74) is 4.27. The summed E-state index contributed by atoms with van der Waals surface area (Å²) < 4.78 is 4.30. The van der Waals surface area contributed by atoms with Crippen molar-refractivity contribution in [3.63, 3.8) is 0 Å². The van der Waals surface area contributed by atoms with E-state index in [1.165, 1.54) is 11.4 Å². The van der Waals surface area contributed by atoms with Crippen LogP contribution in [0.25, 0.3) is 11.3 Å². The molecule has 0 bridgehead atoms. The molecule has 30 heavy (non-hydrogen) atoms. The van der Waals surface area contributed by atoms with Crippen molar-refractivity contribution in [3.8, 4) is 0 Å². The molecule has 0 N–H and O–H groups in total. The van der Waals surface area contributed by atoms with Gasteiger partial charge in [0.1, 0.15) is 0 Å². The lowest BCUT2D eigenvalue weighted by molar-refractivity contribution is 0.0135. The van der Waals surface area contributed by atoms with Crippen LogP contribution in [0.3, 0.4) is 0 Å². The van der Waals surface area contributed by atoms with Crippen molar-refractivity contribution in [1.82, 2.24) is 38.5 Å². The van der Waals surface area contributed by atoms with Gasteiger partial charge < -0.3 is 0 Å². The Kier molecular flexibility index (Phi) is 5.18. The molecule has 0 aromatic carbocycles. The first-order valence-corrected chi connectivity index (χ1v) is 10.8. The monoisotopic (exact) mass is 404 g/mol. The highest BCUT2D eigenvalue weighted by molar-refractivity contribution is 5.37. The average molecular weight is 405 g/mol. The van der Waals surface area contributed by atoms with Crippen molar-refractivity contribution in [2.45, 2.75) is 51.9 Å². The molecule has 1 fully saturated rings. The van der Waals surface area contributed by atoms with Crippen LogP contribution in [0, 0.1) is 0 Å². The number of rotatable bonds is 6. The lowest BCUT2D eigenvalue weighted by atomic mass is 10.0. The summed E-state index contributed by atoms with van der Waals surface area (Å²) >= 11 is 0. The van der Waals surface area contributed by atoms with E-state index in [4.69, 9.17) is 0 Å². The van der Waals surface area contributed by atoms with E-state index in [1.807, 2.05) is 49.6 Å². The maximum absolute atomic E-state index is 4.52. The maximum atomic E-state index is 4.52. The highest BCUT2D eigenvalue weighted by atomic mass is 15.3. The number of piperazine rings is 1. The zero-order valence-electron chi connectivity index (χ0n) is 17.6. The molecule has 5 heterocycles. The van der Waals surface area contributed by atoms with Crippen LogP contribution in [0.4, 0.5) is 0 Å². The summed E-state index contributed by atoms with van der Waals surface area (Å²) in [4.78, 5) is 22.7. The molecule has 8 heteroatoms. The summed E-state index contributed by atoms with van der Waals surface area (Å²) in [6.07, 6.45) is 17.5. The number of nitrogens with zero attached hydrogens (tertiary/aromatic N) is 8. The van der Waals surface area contributed by atoms with Crippen LogP contribution in [0.1, 0.15) is 38.1 Å². The second-order valence-electron chi connectivity index (χ2n) is 8.09. The Morgan fingerprint density at radius 1 is 0.733 bits per heavy atom. The van der Waals surface area contributed by atoms with Crippen LogP contribution in [0.2, 0.25) is 0 Å². The molecule has 4 aromatic rings. The van der Waals surface area contributed by atoms with Gasteiger partial charge in [-0.15, -0.1) is 0 Å². The topological polar surface area (TPSA) is 66.9 Å². The van der Waals surface area contributed by atoms with Gasteiger partial charge in [0.15, 0.2) is 11.3 Å². The van der Waals surface area contributed by atoms with Gasteiger partial charge in [-0.05, 0) is 12.8 Å². The Balaban J connectivity index is 1.36. The fraction of sp³-hybridized carbons (Fsp3) is 0.455. The standard InChI is InChI=1S/C22H28N8/c1-3-17-13-28(16-20-10-26-22-12-24-6-8-30(20)22)18(4-2)14-27(17)15-19-9-25-21-11-23-5-7-29(19)21/h5-12,17-18H,3-4,13-16H2,1-2H3. The van der Waals surface area contributed by atoms with Gasteiger partial charge in [0.2, 0.25) is 0 Å². The van der Waals surface area contributed by atoms with Crippen LogP contribution in [0.5, 0.6) is 0 Å². The lowest BCUT2D eigenvalue weighted by Gasteiger charge is -2.46. The Morgan fingerprint density at radius 3 is 1.63 bits per heavy atom. The van der Waals surface area contributed by atoms with Crippen molar-refractivity contribution < 1.29 is 0 Å². The fourth-order valence-electron chi connectivity index (χ4n) is 4.67. The molecule has 8 nitrogen and oxygen atoms in total. The number of hydrogen-bond donors (Lipinski definition) is 0. The van der Waals surface area contributed by atoms with Crippen LogP contribution in [0.15, 0.2) is 49.6 Å². The molecule has 1 saturated heterocycles. The lowest BCUT2D eigenvalue weighted by Crippen LogP contribution is -2.57. The normalized spacial score (nSPS) is 21.0. The van der Waals surface area contributed by atoms with Gasteiger partial charge in [-0.3, -0.25) is 28.6 Å². The van der Waals surface area contributed by atoms with Crippen molar-refractivity contribution in [2.75, 3.05) is 13.1 Å². The third-order valence-corrected chi connectivity index (χ3v) is 6.38. The van der Waals surface area contributed by atoms with E-state index < -0.39 is 0 Å². The van der Waals surface area contributed by atoms with E-state index in [0.717, 1.165) is 50.3 Å². The highest BCUT2D eigenvalue weighted by Crippen LogP contribution is 2.24. The van der Waals surface area contributed by atoms with Gasteiger partial charge in [0, 0.05) is 63.1 Å². The van der Waals surface area contributed by atoms with E-state index >= 15 is 0 Å². The van der Waals surface area contributed by atoms with Gasteiger partial charge in [-0.25, -0.2) is 9.97 Å². The van der Waals surface area contributed by atoms with Crippen LogP contribution < -0.4 is 0 Å². The van der Waals surface area contributed by atoms with Gasteiger partial charge in [0.25, 0.3) is 0 Å². The van der Waals surface area contributed by atoms with Crippen LogP contribution in [-0.4, -0.2) is 63.7 Å². The number of hydrogen-bond acceptors (Lipinski definition) is 6. The van der Waals surface area contributed by atoms with Gasteiger partial charge in [-0.1, -0.05) is 13.8 Å². The average Bonchev–Trinajstić information content (AvgIpc) is 3.39.